The predicted octanol–water partition coefficient (Wildman–Crippen LogP) is 2.52. The zero-order chi connectivity index (χ0) is 12.3. The summed E-state index contributed by atoms with van der Waals surface area (Å²) < 4.78 is 31.0. The molecule has 5 heteroatoms. The number of halogens is 2. The molecule has 0 fully saturated rings. The third-order valence-electron chi connectivity index (χ3n) is 2.14. The molecule has 0 bridgehead atoms. The van der Waals surface area contributed by atoms with Gasteiger partial charge in [-0.25, -0.2) is 13.8 Å². The van der Waals surface area contributed by atoms with Gasteiger partial charge in [-0.05, 0) is 18.2 Å². The summed E-state index contributed by atoms with van der Waals surface area (Å²) in [6, 6.07) is 6.51. The van der Waals surface area contributed by atoms with Crippen molar-refractivity contribution in [2.24, 2.45) is 0 Å². The van der Waals surface area contributed by atoms with Gasteiger partial charge in [0.1, 0.15) is 18.2 Å². The van der Waals surface area contributed by atoms with E-state index in [0.717, 1.165) is 17.7 Å². The van der Waals surface area contributed by atoms with Crippen LogP contribution < -0.4 is 10.5 Å². The van der Waals surface area contributed by atoms with Crippen LogP contribution in [0.5, 0.6) is 5.75 Å². The Morgan fingerprint density at radius 3 is 2.65 bits per heavy atom. The lowest BCUT2D eigenvalue weighted by molar-refractivity contribution is 0.289. The van der Waals surface area contributed by atoms with Gasteiger partial charge in [0.15, 0.2) is 11.6 Å². The number of anilines is 1. The van der Waals surface area contributed by atoms with Crippen molar-refractivity contribution >= 4 is 5.82 Å². The summed E-state index contributed by atoms with van der Waals surface area (Å²) in [5.41, 5.74) is 6.17. The van der Waals surface area contributed by atoms with E-state index < -0.39 is 11.6 Å². The van der Waals surface area contributed by atoms with Gasteiger partial charge in [-0.3, -0.25) is 0 Å². The molecule has 2 N–H and O–H groups in total. The van der Waals surface area contributed by atoms with Crippen LogP contribution in [0.3, 0.4) is 0 Å². The summed E-state index contributed by atoms with van der Waals surface area (Å²) >= 11 is 0. The summed E-state index contributed by atoms with van der Waals surface area (Å²) in [5, 5.41) is 0. The van der Waals surface area contributed by atoms with Gasteiger partial charge < -0.3 is 10.5 Å². The molecule has 0 aliphatic heterocycles. The molecule has 1 aromatic carbocycles. The van der Waals surface area contributed by atoms with Gasteiger partial charge in [0.05, 0.1) is 0 Å². The molecule has 0 amide bonds. The van der Waals surface area contributed by atoms with Gasteiger partial charge in [-0.2, -0.15) is 0 Å². The third kappa shape index (κ3) is 2.90. The lowest BCUT2D eigenvalue weighted by atomic mass is 10.3. The molecule has 0 spiro atoms. The molecule has 2 rings (SSSR count). The topological polar surface area (TPSA) is 48.1 Å². The van der Waals surface area contributed by atoms with Crippen LogP contribution in [0.15, 0.2) is 36.5 Å². The van der Waals surface area contributed by atoms with Crippen molar-refractivity contribution in [3.8, 4) is 5.75 Å². The lowest BCUT2D eigenvalue weighted by Crippen LogP contribution is -1.99. The number of nitrogen functional groups attached to an aromatic ring is 1. The first-order valence-electron chi connectivity index (χ1n) is 4.93. The van der Waals surface area contributed by atoms with Gasteiger partial charge in [0.2, 0.25) is 0 Å². The van der Waals surface area contributed by atoms with Crippen LogP contribution in [0.2, 0.25) is 0 Å². The third-order valence-corrected chi connectivity index (χ3v) is 2.14. The van der Waals surface area contributed by atoms with Gasteiger partial charge in [-0.1, -0.05) is 6.07 Å². The summed E-state index contributed by atoms with van der Waals surface area (Å²) in [6.45, 7) is 0.149. The number of aromatic nitrogens is 1. The molecule has 0 saturated heterocycles. The second-order valence-corrected chi connectivity index (χ2v) is 3.45. The summed E-state index contributed by atoms with van der Waals surface area (Å²) in [5.74, 6) is -0.956. The highest BCUT2D eigenvalue weighted by Gasteiger charge is 2.05. The Morgan fingerprint density at radius 2 is 2.00 bits per heavy atom. The smallest absolute Gasteiger partial charge is 0.167 e. The molecule has 0 atom stereocenters. The van der Waals surface area contributed by atoms with Crippen LogP contribution >= 0.6 is 0 Å². The first-order chi connectivity index (χ1) is 8.15. The minimum atomic E-state index is -0.728. The molecular weight excluding hydrogens is 226 g/mol. The van der Waals surface area contributed by atoms with Crippen molar-refractivity contribution in [2.45, 2.75) is 6.61 Å². The van der Waals surface area contributed by atoms with E-state index in [9.17, 15) is 8.78 Å². The van der Waals surface area contributed by atoms with Crippen molar-refractivity contribution in [2.75, 3.05) is 5.73 Å². The molecule has 0 unspecified atom stereocenters. The van der Waals surface area contributed by atoms with E-state index in [0.29, 0.717) is 5.82 Å². The largest absolute Gasteiger partial charge is 0.486 e. The highest BCUT2D eigenvalue weighted by atomic mass is 19.1. The fraction of sp³-hybridized carbons (Fsp3) is 0.0833. The van der Waals surface area contributed by atoms with Gasteiger partial charge >= 0.3 is 0 Å². The molecule has 17 heavy (non-hydrogen) atoms. The van der Waals surface area contributed by atoms with Crippen LogP contribution in [0.25, 0.3) is 0 Å². The molecule has 1 heterocycles. The second-order valence-electron chi connectivity index (χ2n) is 3.45. The average molecular weight is 236 g/mol. The van der Waals surface area contributed by atoms with Crippen LogP contribution in [-0.2, 0) is 6.61 Å². The van der Waals surface area contributed by atoms with Crippen LogP contribution in [0, 0.1) is 11.6 Å². The molecule has 2 aromatic rings. The van der Waals surface area contributed by atoms with Crippen LogP contribution in [-0.4, -0.2) is 4.98 Å². The zero-order valence-corrected chi connectivity index (χ0v) is 8.86. The molecular formula is C12H10F2N2O. The highest BCUT2D eigenvalue weighted by molar-refractivity contribution is 5.30. The van der Waals surface area contributed by atoms with E-state index in [1.807, 2.05) is 0 Å². The number of ether oxygens (including phenoxy) is 1. The predicted molar refractivity (Wildman–Crippen MR) is 59.3 cm³/mol. The monoisotopic (exact) mass is 236 g/mol. The number of hydrogen-bond acceptors (Lipinski definition) is 3. The molecule has 0 radical (unpaired) electrons. The molecule has 1 aromatic heterocycles. The Bertz CT molecular complexity index is 514. The van der Waals surface area contributed by atoms with Crippen molar-refractivity contribution in [3.05, 3.63) is 53.7 Å². The Labute approximate surface area is 96.9 Å². The number of nitrogens with zero attached hydrogens (tertiary/aromatic N) is 1. The minimum absolute atomic E-state index is 0.00299. The Balaban J connectivity index is 2.04. The van der Waals surface area contributed by atoms with Crippen molar-refractivity contribution in [1.82, 2.24) is 4.98 Å². The maximum Gasteiger partial charge on any atom is 0.167 e. The second kappa shape index (κ2) is 4.78. The average Bonchev–Trinajstić information content (AvgIpc) is 2.30. The SMILES string of the molecule is Nc1ccc(COc2ccc(F)cc2F)cn1. The van der Waals surface area contributed by atoms with E-state index in [1.54, 1.807) is 12.1 Å². The lowest BCUT2D eigenvalue weighted by Gasteiger charge is -2.07. The number of hydrogen-bond donors (Lipinski definition) is 1. The Kier molecular flexibility index (Phi) is 3.18. The maximum atomic E-state index is 13.2. The van der Waals surface area contributed by atoms with E-state index in [4.69, 9.17) is 10.5 Å². The fourth-order valence-electron chi connectivity index (χ4n) is 1.27. The van der Waals surface area contributed by atoms with E-state index in [1.165, 1.54) is 12.3 Å². The Morgan fingerprint density at radius 1 is 1.18 bits per heavy atom. The van der Waals surface area contributed by atoms with Crippen LogP contribution in [0.4, 0.5) is 14.6 Å². The van der Waals surface area contributed by atoms with Crippen molar-refractivity contribution in [3.63, 3.8) is 0 Å². The van der Waals surface area contributed by atoms with E-state index in [-0.39, 0.29) is 12.4 Å². The van der Waals surface area contributed by atoms with E-state index in [2.05, 4.69) is 4.98 Å². The first-order valence-corrected chi connectivity index (χ1v) is 4.93. The first kappa shape index (κ1) is 11.3. The molecule has 3 nitrogen and oxygen atoms in total. The van der Waals surface area contributed by atoms with Crippen molar-refractivity contribution < 1.29 is 13.5 Å². The highest BCUT2D eigenvalue weighted by Crippen LogP contribution is 2.18. The summed E-state index contributed by atoms with van der Waals surface area (Å²) in [7, 11) is 0. The number of benzene rings is 1. The summed E-state index contributed by atoms with van der Waals surface area (Å²) in [6.07, 6.45) is 1.54. The van der Waals surface area contributed by atoms with E-state index >= 15 is 0 Å². The quantitative estimate of drug-likeness (QED) is 0.890. The Hall–Kier alpha value is -2.17. The fourth-order valence-corrected chi connectivity index (χ4v) is 1.27. The number of pyridine rings is 1. The standard InChI is InChI=1S/C12H10F2N2O/c13-9-2-3-11(10(14)5-9)17-7-8-1-4-12(15)16-6-8/h1-6H,7H2,(H2,15,16). The van der Waals surface area contributed by atoms with Crippen LogP contribution in [0.1, 0.15) is 5.56 Å². The van der Waals surface area contributed by atoms with Gasteiger partial charge in [-0.15, -0.1) is 0 Å². The molecule has 88 valence electrons. The van der Waals surface area contributed by atoms with Crippen molar-refractivity contribution in [1.29, 1.82) is 0 Å². The molecule has 0 aliphatic carbocycles. The number of rotatable bonds is 3. The number of nitrogens with two attached hydrogens (primary N) is 1. The molecule has 0 saturated carbocycles. The van der Waals surface area contributed by atoms with Gasteiger partial charge in [0.25, 0.3) is 0 Å². The normalized spacial score (nSPS) is 10.2. The zero-order valence-electron chi connectivity index (χ0n) is 8.86. The molecule has 0 aliphatic rings. The van der Waals surface area contributed by atoms with Gasteiger partial charge in [0, 0.05) is 17.8 Å². The maximum absolute atomic E-state index is 13.2. The summed E-state index contributed by atoms with van der Waals surface area (Å²) in [4.78, 5) is 3.87. The minimum Gasteiger partial charge on any atom is -0.486 e.